The van der Waals surface area contributed by atoms with Gasteiger partial charge in [-0.2, -0.15) is 13.2 Å². The summed E-state index contributed by atoms with van der Waals surface area (Å²) in [4.78, 5) is 29.7. The fraction of sp³-hybridized carbons (Fsp3) is 0.320. The molecule has 3 heterocycles. The fourth-order valence-electron chi connectivity index (χ4n) is 4.32. The second-order valence-corrected chi connectivity index (χ2v) is 8.77. The molecule has 1 aromatic carbocycles. The van der Waals surface area contributed by atoms with Crippen molar-refractivity contribution >= 4 is 17.5 Å². The molecule has 1 saturated heterocycles. The molecule has 0 saturated carbocycles. The number of nitrogens with one attached hydrogen (secondary N) is 1. The van der Waals surface area contributed by atoms with E-state index in [4.69, 9.17) is 6.57 Å². The number of hydrogen-bond donors (Lipinski definition) is 1. The summed E-state index contributed by atoms with van der Waals surface area (Å²) in [6.07, 6.45) is -2.32. The Hall–Kier alpha value is -4.14. The van der Waals surface area contributed by atoms with E-state index in [0.717, 1.165) is 4.90 Å². The summed E-state index contributed by atoms with van der Waals surface area (Å²) in [6.45, 7) is 7.96. The molecule has 12 heteroatoms. The molecule has 4 rings (SSSR count). The molecule has 1 N–H and O–H groups in total. The molecular weight excluding hydrogens is 495 g/mol. The second kappa shape index (κ2) is 10.1. The van der Waals surface area contributed by atoms with Crippen LogP contribution in [0.15, 0.2) is 55.0 Å². The number of nitrogens with zero attached hydrogens (tertiary/aromatic N) is 5. The molecule has 2 aromatic heterocycles. The molecule has 3 aromatic rings. The average molecular weight is 516 g/mol. The van der Waals surface area contributed by atoms with Gasteiger partial charge in [0.05, 0.1) is 30.4 Å². The molecule has 0 radical (unpaired) electrons. The molecule has 1 fully saturated rings. The van der Waals surface area contributed by atoms with Gasteiger partial charge in [0.2, 0.25) is 5.95 Å². The SMILES string of the molecule is [C-]#[N+]c1ccc(-c2ccccn2)c(C(=O)N2CC(F)(F)C[C@@H](C)[C@H]2CNc2ncc(C(F)(F)F)cn2)c1. The highest BCUT2D eigenvalue weighted by Crippen LogP contribution is 2.37. The van der Waals surface area contributed by atoms with Gasteiger partial charge in [0.25, 0.3) is 11.8 Å². The van der Waals surface area contributed by atoms with Gasteiger partial charge in [-0.1, -0.05) is 25.1 Å². The van der Waals surface area contributed by atoms with Crippen molar-refractivity contribution in [2.24, 2.45) is 5.92 Å². The number of likely N-dealkylation sites (tertiary alicyclic amines) is 1. The van der Waals surface area contributed by atoms with E-state index in [2.05, 4.69) is 25.1 Å². The Morgan fingerprint density at radius 3 is 2.54 bits per heavy atom. The van der Waals surface area contributed by atoms with E-state index in [1.165, 1.54) is 18.3 Å². The minimum Gasteiger partial charge on any atom is -0.352 e. The topological polar surface area (TPSA) is 75.4 Å². The van der Waals surface area contributed by atoms with Crippen LogP contribution in [0, 0.1) is 12.5 Å². The van der Waals surface area contributed by atoms with Gasteiger partial charge in [0.15, 0.2) is 5.69 Å². The smallest absolute Gasteiger partial charge is 0.352 e. The highest BCUT2D eigenvalue weighted by atomic mass is 19.4. The Morgan fingerprint density at radius 2 is 1.92 bits per heavy atom. The maximum absolute atomic E-state index is 14.6. The van der Waals surface area contributed by atoms with Gasteiger partial charge in [-0.3, -0.25) is 9.78 Å². The van der Waals surface area contributed by atoms with Gasteiger partial charge in [0.1, 0.15) is 0 Å². The second-order valence-electron chi connectivity index (χ2n) is 8.77. The number of aromatic nitrogens is 3. The van der Waals surface area contributed by atoms with Crippen LogP contribution >= 0.6 is 0 Å². The van der Waals surface area contributed by atoms with Crippen LogP contribution in [0.5, 0.6) is 0 Å². The Labute approximate surface area is 209 Å². The van der Waals surface area contributed by atoms with Crippen molar-refractivity contribution in [3.63, 3.8) is 0 Å². The average Bonchev–Trinajstić information content (AvgIpc) is 2.86. The number of amides is 1. The lowest BCUT2D eigenvalue weighted by Gasteiger charge is -2.43. The summed E-state index contributed by atoms with van der Waals surface area (Å²) in [5, 5.41) is 2.77. The normalized spacial score (nSPS) is 19.2. The van der Waals surface area contributed by atoms with E-state index in [0.29, 0.717) is 23.7 Å². The zero-order valence-electron chi connectivity index (χ0n) is 19.5. The predicted molar refractivity (Wildman–Crippen MR) is 125 cm³/mol. The Bertz CT molecular complexity index is 1310. The van der Waals surface area contributed by atoms with Gasteiger partial charge in [0, 0.05) is 42.7 Å². The molecular formula is C25H21F5N6O. The number of benzene rings is 1. The van der Waals surface area contributed by atoms with Crippen molar-refractivity contribution in [2.75, 3.05) is 18.4 Å². The van der Waals surface area contributed by atoms with Crippen molar-refractivity contribution in [1.82, 2.24) is 19.9 Å². The molecule has 2 atom stereocenters. The fourth-order valence-corrected chi connectivity index (χ4v) is 4.32. The van der Waals surface area contributed by atoms with Gasteiger partial charge < -0.3 is 10.2 Å². The minimum absolute atomic E-state index is 0.0490. The van der Waals surface area contributed by atoms with Gasteiger partial charge in [-0.15, -0.1) is 0 Å². The number of alkyl halides is 5. The summed E-state index contributed by atoms with van der Waals surface area (Å²) in [6, 6.07) is 8.73. The molecule has 7 nitrogen and oxygen atoms in total. The highest BCUT2D eigenvalue weighted by Gasteiger charge is 2.46. The number of carbonyl (C=O) groups excluding carboxylic acids is 1. The molecule has 1 aliphatic rings. The van der Waals surface area contributed by atoms with Crippen LogP contribution in [0.2, 0.25) is 0 Å². The van der Waals surface area contributed by atoms with E-state index in [9.17, 15) is 26.7 Å². The third-order valence-corrected chi connectivity index (χ3v) is 6.09. The Morgan fingerprint density at radius 1 is 1.19 bits per heavy atom. The monoisotopic (exact) mass is 516 g/mol. The van der Waals surface area contributed by atoms with Crippen molar-refractivity contribution in [3.05, 3.63) is 77.5 Å². The van der Waals surface area contributed by atoms with Crippen molar-refractivity contribution in [2.45, 2.75) is 31.5 Å². The molecule has 37 heavy (non-hydrogen) atoms. The van der Waals surface area contributed by atoms with E-state index in [1.54, 1.807) is 31.2 Å². The van der Waals surface area contributed by atoms with Gasteiger partial charge in [-0.25, -0.2) is 23.6 Å². The third-order valence-electron chi connectivity index (χ3n) is 6.09. The number of pyridine rings is 1. The lowest BCUT2D eigenvalue weighted by Crippen LogP contribution is -2.57. The Kier molecular flexibility index (Phi) is 7.07. The largest absolute Gasteiger partial charge is 0.419 e. The number of halogens is 5. The summed E-state index contributed by atoms with van der Waals surface area (Å²) < 4.78 is 67.6. The molecule has 1 amide bonds. The quantitative estimate of drug-likeness (QED) is 0.348. The van der Waals surface area contributed by atoms with Gasteiger partial charge in [-0.05, 0) is 24.1 Å². The summed E-state index contributed by atoms with van der Waals surface area (Å²) in [5.74, 6) is -4.66. The lowest BCUT2D eigenvalue weighted by molar-refractivity contribution is -0.138. The van der Waals surface area contributed by atoms with Crippen LogP contribution in [0.3, 0.4) is 0 Å². The van der Waals surface area contributed by atoms with E-state index < -0.39 is 48.5 Å². The van der Waals surface area contributed by atoms with E-state index in [-0.39, 0.29) is 23.7 Å². The standard InChI is InChI=1S/C25H21F5N6O/c1-15-10-24(26,27)14-36(21(15)13-35-23-33-11-16(12-34-23)25(28,29)30)22(37)19-9-17(31-2)6-7-18(19)20-5-3-4-8-32-20/h3-9,11-12,15,21H,10,13-14H2,1H3,(H,33,34,35)/t15-,21-/m1/s1. The molecule has 0 unspecified atom stereocenters. The van der Waals surface area contributed by atoms with Crippen molar-refractivity contribution in [1.29, 1.82) is 0 Å². The predicted octanol–water partition coefficient (Wildman–Crippen LogP) is 5.71. The highest BCUT2D eigenvalue weighted by molar-refractivity contribution is 6.01. The first-order valence-electron chi connectivity index (χ1n) is 11.2. The number of piperidine rings is 1. The summed E-state index contributed by atoms with van der Waals surface area (Å²) in [5.41, 5.74) is 0.00665. The molecule has 192 valence electrons. The molecule has 0 bridgehead atoms. The number of rotatable bonds is 5. The first-order valence-corrected chi connectivity index (χ1v) is 11.2. The van der Waals surface area contributed by atoms with E-state index in [1.807, 2.05) is 0 Å². The lowest BCUT2D eigenvalue weighted by atomic mass is 9.87. The summed E-state index contributed by atoms with van der Waals surface area (Å²) >= 11 is 0. The number of anilines is 1. The maximum atomic E-state index is 14.6. The van der Waals surface area contributed by atoms with Gasteiger partial charge >= 0.3 is 6.18 Å². The van der Waals surface area contributed by atoms with E-state index >= 15 is 0 Å². The van der Waals surface area contributed by atoms with Crippen LogP contribution in [0.4, 0.5) is 33.6 Å². The summed E-state index contributed by atoms with van der Waals surface area (Å²) in [7, 11) is 0. The first kappa shape index (κ1) is 25.9. The van der Waals surface area contributed by atoms with Crippen LogP contribution in [-0.4, -0.2) is 50.8 Å². The zero-order valence-corrected chi connectivity index (χ0v) is 19.5. The molecule has 0 spiro atoms. The van der Waals surface area contributed by atoms with Crippen LogP contribution in [0.25, 0.3) is 16.1 Å². The van der Waals surface area contributed by atoms with Crippen LogP contribution in [-0.2, 0) is 6.18 Å². The van der Waals surface area contributed by atoms with Crippen LogP contribution in [0.1, 0.15) is 29.3 Å². The number of carbonyl (C=O) groups is 1. The maximum Gasteiger partial charge on any atom is 0.419 e. The first-order chi connectivity index (χ1) is 17.5. The molecule has 0 aliphatic carbocycles. The third kappa shape index (κ3) is 5.82. The Balaban J connectivity index is 1.65. The molecule has 1 aliphatic heterocycles. The number of hydrogen-bond acceptors (Lipinski definition) is 5. The zero-order chi connectivity index (χ0) is 26.8. The minimum atomic E-state index is -4.60. The van der Waals surface area contributed by atoms with Crippen molar-refractivity contribution in [3.8, 4) is 11.3 Å². The van der Waals surface area contributed by atoms with Crippen LogP contribution < -0.4 is 5.32 Å². The van der Waals surface area contributed by atoms with Crippen molar-refractivity contribution < 1.29 is 26.7 Å².